The summed E-state index contributed by atoms with van der Waals surface area (Å²) in [6.45, 7) is 2.15. The monoisotopic (exact) mass is 322 g/mol. The van der Waals surface area contributed by atoms with Crippen molar-refractivity contribution in [2.45, 2.75) is 51.1 Å². The summed E-state index contributed by atoms with van der Waals surface area (Å²) in [5.41, 5.74) is 7.22. The van der Waals surface area contributed by atoms with Crippen molar-refractivity contribution >= 4 is 5.82 Å². The quantitative estimate of drug-likeness (QED) is 0.903. The fourth-order valence-corrected chi connectivity index (χ4v) is 2.68. The van der Waals surface area contributed by atoms with Crippen LogP contribution in [0.4, 0.5) is 14.6 Å². The maximum atomic E-state index is 13.2. The van der Waals surface area contributed by atoms with Crippen LogP contribution in [0.3, 0.4) is 0 Å². The maximum absolute atomic E-state index is 13.2. The third-order valence-electron chi connectivity index (χ3n) is 3.97. The fourth-order valence-electron chi connectivity index (χ4n) is 2.68. The number of nitrogens with one attached hydrogen (secondary N) is 1. The fraction of sp³-hybridized carbons (Fsp3) is 0.533. The number of nitrogens with two attached hydrogens (primary N) is 1. The van der Waals surface area contributed by atoms with E-state index in [4.69, 9.17) is 5.73 Å². The first-order chi connectivity index (χ1) is 10.9. The first-order valence-corrected chi connectivity index (χ1v) is 7.70. The molecule has 1 aliphatic carbocycles. The lowest BCUT2D eigenvalue weighted by Crippen LogP contribution is -2.32. The van der Waals surface area contributed by atoms with Crippen molar-refractivity contribution < 1.29 is 8.78 Å². The summed E-state index contributed by atoms with van der Waals surface area (Å²) in [5.74, 6) is -1.52. The van der Waals surface area contributed by atoms with E-state index in [0.29, 0.717) is 30.3 Å². The first kappa shape index (κ1) is 15.8. The number of halogens is 2. The number of hydrogen-bond acceptors (Lipinski definition) is 5. The second-order valence-electron chi connectivity index (χ2n) is 5.92. The molecular formula is C15H20F2N6. The van der Waals surface area contributed by atoms with Gasteiger partial charge in [0.25, 0.3) is 5.95 Å². The number of alkyl halides is 2. The van der Waals surface area contributed by atoms with Gasteiger partial charge in [-0.25, -0.2) is 18.4 Å². The highest BCUT2D eigenvalue weighted by Gasteiger charge is 2.34. The van der Waals surface area contributed by atoms with Gasteiger partial charge >= 0.3 is 0 Å². The Morgan fingerprint density at radius 2 is 2.09 bits per heavy atom. The lowest BCUT2D eigenvalue weighted by molar-refractivity contribution is -0.0361. The molecule has 1 fully saturated rings. The molecule has 0 radical (unpaired) electrons. The van der Waals surface area contributed by atoms with Crippen molar-refractivity contribution in [2.75, 3.05) is 5.32 Å². The molecule has 3 rings (SSSR count). The zero-order valence-electron chi connectivity index (χ0n) is 13.0. The summed E-state index contributed by atoms with van der Waals surface area (Å²) < 4.78 is 28.1. The van der Waals surface area contributed by atoms with Crippen molar-refractivity contribution in [1.29, 1.82) is 0 Å². The van der Waals surface area contributed by atoms with Gasteiger partial charge in [-0.15, -0.1) is 0 Å². The van der Waals surface area contributed by atoms with E-state index in [1.54, 1.807) is 16.9 Å². The average molecular weight is 322 g/mol. The van der Waals surface area contributed by atoms with Crippen LogP contribution in [0.15, 0.2) is 18.3 Å². The predicted octanol–water partition coefficient (Wildman–Crippen LogP) is 2.42. The van der Waals surface area contributed by atoms with Gasteiger partial charge in [0.05, 0.1) is 11.4 Å². The van der Waals surface area contributed by atoms with Gasteiger partial charge in [-0.3, -0.25) is 0 Å². The predicted molar refractivity (Wildman–Crippen MR) is 82.6 cm³/mol. The standard InChI is InChI=1S/C15H20F2N6/c1-10-4-7-23(22-10)14-20-12(9-18)8-13(21-14)19-11-2-5-15(16,17)6-3-11/h4,7-8,11H,2-3,5-6,9,18H2,1H3,(H,19,20,21). The average Bonchev–Trinajstić information content (AvgIpc) is 2.96. The number of nitrogens with zero attached hydrogens (tertiary/aromatic N) is 4. The van der Waals surface area contributed by atoms with Crippen LogP contribution in [0.1, 0.15) is 37.1 Å². The van der Waals surface area contributed by atoms with Gasteiger partial charge in [-0.05, 0) is 25.8 Å². The van der Waals surface area contributed by atoms with Gasteiger partial charge in [0.15, 0.2) is 0 Å². The Balaban J connectivity index is 1.79. The molecule has 0 unspecified atom stereocenters. The van der Waals surface area contributed by atoms with Crippen LogP contribution >= 0.6 is 0 Å². The van der Waals surface area contributed by atoms with E-state index in [0.717, 1.165) is 5.69 Å². The van der Waals surface area contributed by atoms with E-state index in [-0.39, 0.29) is 25.4 Å². The van der Waals surface area contributed by atoms with E-state index in [2.05, 4.69) is 20.4 Å². The molecule has 0 aromatic carbocycles. The van der Waals surface area contributed by atoms with Gasteiger partial charge in [-0.2, -0.15) is 10.1 Å². The molecule has 1 aliphatic rings. The molecule has 6 nitrogen and oxygen atoms in total. The van der Waals surface area contributed by atoms with E-state index in [9.17, 15) is 8.78 Å². The summed E-state index contributed by atoms with van der Waals surface area (Å²) in [6, 6.07) is 3.60. The summed E-state index contributed by atoms with van der Waals surface area (Å²) in [6.07, 6.45) is 2.43. The number of aromatic nitrogens is 4. The molecule has 0 aliphatic heterocycles. The van der Waals surface area contributed by atoms with Crippen molar-refractivity contribution in [2.24, 2.45) is 5.73 Å². The molecule has 2 aromatic heterocycles. The van der Waals surface area contributed by atoms with E-state index in [1.807, 2.05) is 13.0 Å². The van der Waals surface area contributed by atoms with Crippen molar-refractivity contribution in [1.82, 2.24) is 19.7 Å². The lowest BCUT2D eigenvalue weighted by atomic mass is 9.92. The normalized spacial score (nSPS) is 18.1. The molecule has 0 amide bonds. The molecule has 0 atom stereocenters. The minimum atomic E-state index is -2.54. The van der Waals surface area contributed by atoms with Crippen LogP contribution in [0.2, 0.25) is 0 Å². The second-order valence-corrected chi connectivity index (χ2v) is 5.92. The molecule has 3 N–H and O–H groups in total. The van der Waals surface area contributed by atoms with Gasteiger partial charge in [0.2, 0.25) is 5.92 Å². The summed E-state index contributed by atoms with van der Waals surface area (Å²) >= 11 is 0. The third-order valence-corrected chi connectivity index (χ3v) is 3.97. The van der Waals surface area contributed by atoms with Crippen LogP contribution in [0.25, 0.3) is 5.95 Å². The largest absolute Gasteiger partial charge is 0.367 e. The van der Waals surface area contributed by atoms with E-state index in [1.165, 1.54) is 0 Å². The highest BCUT2D eigenvalue weighted by atomic mass is 19.3. The Bertz CT molecular complexity index is 674. The molecule has 0 bridgehead atoms. The van der Waals surface area contributed by atoms with Crippen molar-refractivity contribution in [3.8, 4) is 5.95 Å². The number of aryl methyl sites for hydroxylation is 1. The number of anilines is 1. The Hall–Kier alpha value is -2.09. The Morgan fingerprint density at radius 1 is 1.35 bits per heavy atom. The van der Waals surface area contributed by atoms with Crippen LogP contribution < -0.4 is 11.1 Å². The summed E-state index contributed by atoms with van der Waals surface area (Å²) in [4.78, 5) is 8.79. The molecule has 1 saturated carbocycles. The minimum Gasteiger partial charge on any atom is -0.367 e. The summed E-state index contributed by atoms with van der Waals surface area (Å²) in [7, 11) is 0. The van der Waals surface area contributed by atoms with Crippen molar-refractivity contribution in [3.63, 3.8) is 0 Å². The Labute approximate surface area is 133 Å². The first-order valence-electron chi connectivity index (χ1n) is 7.70. The second kappa shape index (κ2) is 6.19. The van der Waals surface area contributed by atoms with Gasteiger partial charge in [0.1, 0.15) is 5.82 Å². The number of rotatable bonds is 4. The smallest absolute Gasteiger partial charge is 0.252 e. The van der Waals surface area contributed by atoms with E-state index >= 15 is 0 Å². The van der Waals surface area contributed by atoms with Gasteiger partial charge in [0, 0.05) is 37.7 Å². The minimum absolute atomic E-state index is 0.0117. The Morgan fingerprint density at radius 3 is 2.70 bits per heavy atom. The van der Waals surface area contributed by atoms with Crippen LogP contribution in [-0.2, 0) is 6.54 Å². The SMILES string of the molecule is Cc1ccn(-c2nc(CN)cc(NC3CCC(F)(F)CC3)n2)n1. The van der Waals surface area contributed by atoms with Gasteiger partial charge in [-0.1, -0.05) is 0 Å². The number of hydrogen-bond donors (Lipinski definition) is 2. The zero-order chi connectivity index (χ0) is 16.4. The highest BCUT2D eigenvalue weighted by Crippen LogP contribution is 2.34. The Kier molecular flexibility index (Phi) is 4.25. The molecule has 2 heterocycles. The molecule has 124 valence electrons. The molecule has 0 spiro atoms. The topological polar surface area (TPSA) is 81.7 Å². The zero-order valence-corrected chi connectivity index (χ0v) is 13.0. The molecular weight excluding hydrogens is 302 g/mol. The van der Waals surface area contributed by atoms with E-state index < -0.39 is 5.92 Å². The molecule has 23 heavy (non-hydrogen) atoms. The maximum Gasteiger partial charge on any atom is 0.252 e. The van der Waals surface area contributed by atoms with Crippen molar-refractivity contribution in [3.05, 3.63) is 29.7 Å². The molecule has 2 aromatic rings. The lowest BCUT2D eigenvalue weighted by Gasteiger charge is -2.29. The highest BCUT2D eigenvalue weighted by molar-refractivity contribution is 5.40. The summed E-state index contributed by atoms with van der Waals surface area (Å²) in [5, 5.41) is 7.52. The van der Waals surface area contributed by atoms with Crippen LogP contribution in [0.5, 0.6) is 0 Å². The van der Waals surface area contributed by atoms with Crippen LogP contribution in [-0.4, -0.2) is 31.7 Å². The molecule has 8 heteroatoms. The van der Waals surface area contributed by atoms with Crippen LogP contribution in [0, 0.1) is 6.92 Å². The van der Waals surface area contributed by atoms with Gasteiger partial charge < -0.3 is 11.1 Å². The molecule has 0 saturated heterocycles. The third kappa shape index (κ3) is 3.82.